The summed E-state index contributed by atoms with van der Waals surface area (Å²) in [7, 11) is 0. The van der Waals surface area contributed by atoms with E-state index in [4.69, 9.17) is 0 Å². The van der Waals surface area contributed by atoms with Gasteiger partial charge in [-0.25, -0.2) is 0 Å². The molecule has 4 nitrogen and oxygen atoms in total. The van der Waals surface area contributed by atoms with E-state index >= 15 is 0 Å². The van der Waals surface area contributed by atoms with Gasteiger partial charge in [0, 0.05) is 11.4 Å². The zero-order chi connectivity index (χ0) is 16.1. The van der Waals surface area contributed by atoms with Crippen LogP contribution in [0, 0.1) is 20.8 Å². The number of hydrogen-bond donors (Lipinski definition) is 2. The molecule has 0 fully saturated rings. The second-order valence-electron chi connectivity index (χ2n) is 5.52. The Morgan fingerprint density at radius 2 is 1.32 bits per heavy atom. The normalized spacial score (nSPS) is 10.1. The van der Waals surface area contributed by atoms with Crippen molar-refractivity contribution in [1.29, 1.82) is 0 Å². The van der Waals surface area contributed by atoms with Gasteiger partial charge in [-0.1, -0.05) is 18.2 Å². The minimum atomic E-state index is -0.326. The van der Waals surface area contributed by atoms with Crippen LogP contribution in [-0.4, -0.2) is 11.8 Å². The molecule has 2 amide bonds. The number of nitrogens with one attached hydrogen (secondary N) is 2. The predicted octanol–water partition coefficient (Wildman–Crippen LogP) is 3.58. The molecule has 0 saturated carbocycles. The summed E-state index contributed by atoms with van der Waals surface area (Å²) < 4.78 is 0. The van der Waals surface area contributed by atoms with Crippen LogP contribution in [0.1, 0.15) is 23.1 Å². The molecule has 2 N–H and O–H groups in total. The molecule has 2 aromatic carbocycles. The first-order chi connectivity index (χ1) is 10.4. The monoisotopic (exact) mass is 296 g/mol. The fraction of sp³-hybridized carbons (Fsp3) is 0.222. The molecule has 2 aromatic rings. The molecule has 0 saturated heterocycles. The fourth-order valence-corrected chi connectivity index (χ4v) is 2.33. The van der Waals surface area contributed by atoms with Gasteiger partial charge in [-0.05, 0) is 61.7 Å². The molecule has 114 valence electrons. The van der Waals surface area contributed by atoms with Crippen LogP contribution in [0.3, 0.4) is 0 Å². The van der Waals surface area contributed by atoms with E-state index in [1.165, 1.54) is 0 Å². The Morgan fingerprint density at radius 1 is 0.773 bits per heavy atom. The topological polar surface area (TPSA) is 58.2 Å². The van der Waals surface area contributed by atoms with Crippen LogP contribution in [0.25, 0.3) is 0 Å². The number of carbonyl (C=O) groups is 2. The summed E-state index contributed by atoms with van der Waals surface area (Å²) in [5, 5.41) is 5.47. The van der Waals surface area contributed by atoms with E-state index in [2.05, 4.69) is 10.6 Å². The summed E-state index contributed by atoms with van der Waals surface area (Å²) in [4.78, 5) is 23.8. The average Bonchev–Trinajstić information content (AvgIpc) is 2.36. The van der Waals surface area contributed by atoms with Gasteiger partial charge < -0.3 is 10.6 Å². The van der Waals surface area contributed by atoms with Crippen LogP contribution in [0.15, 0.2) is 42.5 Å². The van der Waals surface area contributed by atoms with Crippen molar-refractivity contribution in [3.63, 3.8) is 0 Å². The van der Waals surface area contributed by atoms with Gasteiger partial charge in [0.1, 0.15) is 6.42 Å². The van der Waals surface area contributed by atoms with E-state index in [-0.39, 0.29) is 18.2 Å². The van der Waals surface area contributed by atoms with Crippen LogP contribution in [0.5, 0.6) is 0 Å². The van der Waals surface area contributed by atoms with Crippen molar-refractivity contribution in [3.05, 3.63) is 59.2 Å². The largest absolute Gasteiger partial charge is 0.326 e. The lowest BCUT2D eigenvalue weighted by atomic mass is 10.1. The highest BCUT2D eigenvalue weighted by atomic mass is 16.2. The minimum absolute atomic E-state index is 0.207. The van der Waals surface area contributed by atoms with Crippen molar-refractivity contribution in [1.82, 2.24) is 0 Å². The molecule has 0 atom stereocenters. The van der Waals surface area contributed by atoms with Gasteiger partial charge in [-0.15, -0.1) is 0 Å². The SMILES string of the molecule is Cc1cccc(NC(=O)CC(=O)Nc2cc(C)cc(C)c2)c1. The lowest BCUT2D eigenvalue weighted by Crippen LogP contribution is -2.21. The number of aryl methyl sites for hydroxylation is 3. The van der Waals surface area contributed by atoms with Crippen molar-refractivity contribution in [2.24, 2.45) is 0 Å². The van der Waals surface area contributed by atoms with Gasteiger partial charge in [0.2, 0.25) is 11.8 Å². The average molecular weight is 296 g/mol. The standard InChI is InChI=1S/C18H20N2O2/c1-12-5-4-6-15(8-12)19-17(21)11-18(22)20-16-9-13(2)7-14(3)10-16/h4-10H,11H2,1-3H3,(H,19,21)(H,20,22). The molecule has 0 bridgehead atoms. The minimum Gasteiger partial charge on any atom is -0.326 e. The highest BCUT2D eigenvalue weighted by molar-refractivity contribution is 6.08. The van der Waals surface area contributed by atoms with Gasteiger partial charge in [-0.3, -0.25) is 9.59 Å². The van der Waals surface area contributed by atoms with E-state index in [1.807, 2.05) is 57.2 Å². The number of benzene rings is 2. The van der Waals surface area contributed by atoms with Crippen molar-refractivity contribution < 1.29 is 9.59 Å². The summed E-state index contributed by atoms with van der Waals surface area (Å²) >= 11 is 0. The second kappa shape index (κ2) is 6.89. The lowest BCUT2D eigenvalue weighted by molar-refractivity contribution is -0.123. The third kappa shape index (κ3) is 4.74. The molecule has 22 heavy (non-hydrogen) atoms. The summed E-state index contributed by atoms with van der Waals surface area (Å²) in [6.45, 7) is 5.88. The Labute approximate surface area is 130 Å². The summed E-state index contributed by atoms with van der Waals surface area (Å²) in [5.41, 5.74) is 4.60. The maximum Gasteiger partial charge on any atom is 0.233 e. The molecule has 0 radical (unpaired) electrons. The lowest BCUT2D eigenvalue weighted by Gasteiger charge is -2.08. The Kier molecular flexibility index (Phi) is 4.94. The number of amides is 2. The zero-order valence-corrected chi connectivity index (χ0v) is 13.1. The van der Waals surface area contributed by atoms with Gasteiger partial charge in [0.15, 0.2) is 0 Å². The summed E-state index contributed by atoms with van der Waals surface area (Å²) in [6.07, 6.45) is -0.207. The molecule has 0 spiro atoms. The molecule has 0 heterocycles. The van der Waals surface area contributed by atoms with E-state index in [0.29, 0.717) is 11.4 Å². The highest BCUT2D eigenvalue weighted by Crippen LogP contribution is 2.14. The van der Waals surface area contributed by atoms with Crippen LogP contribution in [0.2, 0.25) is 0 Å². The van der Waals surface area contributed by atoms with E-state index < -0.39 is 0 Å². The Morgan fingerprint density at radius 3 is 1.91 bits per heavy atom. The van der Waals surface area contributed by atoms with Gasteiger partial charge in [0.05, 0.1) is 0 Å². The third-order valence-corrected chi connectivity index (χ3v) is 3.13. The van der Waals surface area contributed by atoms with Crippen LogP contribution < -0.4 is 10.6 Å². The first-order valence-electron chi connectivity index (χ1n) is 7.17. The van der Waals surface area contributed by atoms with Crippen molar-refractivity contribution in [2.45, 2.75) is 27.2 Å². The molecule has 0 aliphatic carbocycles. The molecule has 0 aliphatic rings. The van der Waals surface area contributed by atoms with Crippen molar-refractivity contribution in [2.75, 3.05) is 10.6 Å². The van der Waals surface area contributed by atoms with Crippen LogP contribution in [0.4, 0.5) is 11.4 Å². The smallest absolute Gasteiger partial charge is 0.233 e. The van der Waals surface area contributed by atoms with Gasteiger partial charge >= 0.3 is 0 Å². The van der Waals surface area contributed by atoms with Crippen LogP contribution in [-0.2, 0) is 9.59 Å². The maximum atomic E-state index is 11.9. The zero-order valence-electron chi connectivity index (χ0n) is 13.1. The number of carbonyl (C=O) groups excluding carboxylic acids is 2. The quantitative estimate of drug-likeness (QED) is 0.847. The maximum absolute atomic E-state index is 11.9. The summed E-state index contributed by atoms with van der Waals surface area (Å²) in [6, 6.07) is 13.3. The highest BCUT2D eigenvalue weighted by Gasteiger charge is 2.10. The van der Waals surface area contributed by atoms with Crippen molar-refractivity contribution in [3.8, 4) is 0 Å². The molecule has 2 rings (SSSR count). The predicted molar refractivity (Wildman–Crippen MR) is 89.0 cm³/mol. The van der Waals surface area contributed by atoms with Crippen molar-refractivity contribution >= 4 is 23.2 Å². The number of hydrogen-bond acceptors (Lipinski definition) is 2. The third-order valence-electron chi connectivity index (χ3n) is 3.13. The molecular weight excluding hydrogens is 276 g/mol. The summed E-state index contributed by atoms with van der Waals surface area (Å²) in [5.74, 6) is -0.650. The Balaban J connectivity index is 1.92. The first-order valence-corrected chi connectivity index (χ1v) is 7.17. The van der Waals surface area contributed by atoms with E-state index in [1.54, 1.807) is 6.07 Å². The molecule has 4 heteroatoms. The Bertz CT molecular complexity index is 688. The molecular formula is C18H20N2O2. The van der Waals surface area contributed by atoms with Gasteiger partial charge in [-0.2, -0.15) is 0 Å². The molecule has 0 aromatic heterocycles. The second-order valence-corrected chi connectivity index (χ2v) is 5.52. The first kappa shape index (κ1) is 15.8. The Hall–Kier alpha value is -2.62. The van der Waals surface area contributed by atoms with Gasteiger partial charge in [0.25, 0.3) is 0 Å². The van der Waals surface area contributed by atoms with E-state index in [0.717, 1.165) is 16.7 Å². The molecule has 0 unspecified atom stereocenters. The number of anilines is 2. The van der Waals surface area contributed by atoms with E-state index in [9.17, 15) is 9.59 Å². The molecule has 0 aliphatic heterocycles. The number of rotatable bonds is 4. The van der Waals surface area contributed by atoms with Crippen LogP contribution >= 0.6 is 0 Å². The fourth-order valence-electron chi connectivity index (χ4n) is 2.33.